The first-order valence-corrected chi connectivity index (χ1v) is 17.3. The van der Waals surface area contributed by atoms with Crippen molar-refractivity contribution in [1.82, 2.24) is 20.2 Å². The zero-order chi connectivity index (χ0) is 33.0. The number of anilines is 1. The Labute approximate surface area is 278 Å². The van der Waals surface area contributed by atoms with Gasteiger partial charge < -0.3 is 29.3 Å². The third-order valence-electron chi connectivity index (χ3n) is 8.98. The number of aromatic nitrogens is 2. The molecule has 10 nitrogen and oxygen atoms in total. The number of carbonyl (C=O) groups excluding carboxylic acids is 2. The van der Waals surface area contributed by atoms with Crippen molar-refractivity contribution >= 4 is 17.5 Å². The zero-order valence-electron chi connectivity index (χ0n) is 28.1. The molecule has 3 aromatic rings. The number of benzene rings is 2. The van der Waals surface area contributed by atoms with Crippen LogP contribution in [0, 0.1) is 5.92 Å². The van der Waals surface area contributed by atoms with Gasteiger partial charge in [0.1, 0.15) is 12.1 Å². The molecule has 1 saturated carbocycles. The molecule has 0 spiro atoms. The molecule has 2 aliphatic rings. The quantitative estimate of drug-likeness (QED) is 0.186. The molecule has 1 aliphatic carbocycles. The maximum Gasteiger partial charge on any atom is 0.252 e. The van der Waals surface area contributed by atoms with E-state index >= 15 is 0 Å². The lowest BCUT2D eigenvalue weighted by molar-refractivity contribution is -0.124. The van der Waals surface area contributed by atoms with Crippen molar-refractivity contribution in [2.45, 2.75) is 71.8 Å². The molecular formula is C37H49N5O5. The van der Waals surface area contributed by atoms with Gasteiger partial charge in [-0.1, -0.05) is 36.8 Å². The fourth-order valence-electron chi connectivity index (χ4n) is 6.27. The Bertz CT molecular complexity index is 1430. The van der Waals surface area contributed by atoms with Crippen molar-refractivity contribution in [2.75, 3.05) is 50.9 Å². The Morgan fingerprint density at radius 2 is 1.51 bits per heavy atom. The van der Waals surface area contributed by atoms with Gasteiger partial charge in [0.25, 0.3) is 5.91 Å². The molecule has 2 fully saturated rings. The first kappa shape index (κ1) is 34.2. The van der Waals surface area contributed by atoms with Gasteiger partial charge in [0.05, 0.1) is 19.8 Å². The summed E-state index contributed by atoms with van der Waals surface area (Å²) in [6.07, 6.45) is 7.92. The first-order valence-electron chi connectivity index (χ1n) is 17.3. The molecule has 0 unspecified atom stereocenters. The Morgan fingerprint density at radius 3 is 2.13 bits per heavy atom. The van der Waals surface area contributed by atoms with Crippen LogP contribution in [0.3, 0.4) is 0 Å². The molecule has 1 saturated heterocycles. The number of piperidine rings is 1. The van der Waals surface area contributed by atoms with E-state index in [9.17, 15) is 9.59 Å². The lowest BCUT2D eigenvalue weighted by Crippen LogP contribution is -2.45. The normalized spacial score (nSPS) is 15.5. The fourth-order valence-corrected chi connectivity index (χ4v) is 6.27. The van der Waals surface area contributed by atoms with Crippen molar-refractivity contribution in [3.63, 3.8) is 0 Å². The molecule has 1 N–H and O–H groups in total. The molecule has 2 aromatic carbocycles. The number of carbonyl (C=O) groups is 2. The summed E-state index contributed by atoms with van der Waals surface area (Å²) in [5.41, 5.74) is 3.14. The fraction of sp³-hybridized carbons (Fsp3) is 0.514. The van der Waals surface area contributed by atoms with E-state index < -0.39 is 0 Å². The maximum atomic E-state index is 13.6. The van der Waals surface area contributed by atoms with Crippen molar-refractivity contribution < 1.29 is 23.8 Å². The van der Waals surface area contributed by atoms with E-state index in [1.54, 1.807) is 0 Å². The standard InChI is InChI=1S/C37H49N5O5/c1-4-45-30-18-16-27(17-19-30)31-14-7-8-15-32(31)34(43)40-29-20-24-41(25-21-29)22-9-10-23-42(37(44)28-12-11-13-28)33-35(46-5-2)38-26-39-36(33)47-6-3/h7-8,14-19,26,28-29H,4-6,9-13,20-25H2,1-3H3,(H,40,43). The number of likely N-dealkylation sites (tertiary alicyclic amines) is 1. The van der Waals surface area contributed by atoms with E-state index in [0.717, 1.165) is 81.5 Å². The molecule has 1 aromatic heterocycles. The lowest BCUT2D eigenvalue weighted by atomic mass is 9.84. The van der Waals surface area contributed by atoms with E-state index in [0.29, 0.717) is 49.4 Å². The van der Waals surface area contributed by atoms with E-state index in [2.05, 4.69) is 20.2 Å². The van der Waals surface area contributed by atoms with Crippen LogP contribution in [0.4, 0.5) is 5.69 Å². The third kappa shape index (κ3) is 8.80. The van der Waals surface area contributed by atoms with Crippen molar-refractivity contribution in [1.29, 1.82) is 0 Å². The number of ether oxygens (including phenoxy) is 3. The average Bonchev–Trinajstić information content (AvgIpc) is 3.06. The van der Waals surface area contributed by atoms with E-state index in [1.807, 2.05) is 74.2 Å². The molecule has 10 heteroatoms. The van der Waals surface area contributed by atoms with E-state index in [1.165, 1.54) is 6.33 Å². The van der Waals surface area contributed by atoms with Gasteiger partial charge in [-0.3, -0.25) is 9.59 Å². The van der Waals surface area contributed by atoms with Crippen molar-refractivity contribution in [3.8, 4) is 28.6 Å². The van der Waals surface area contributed by atoms with Crippen molar-refractivity contribution in [2.24, 2.45) is 5.92 Å². The molecule has 2 heterocycles. The minimum Gasteiger partial charge on any atom is -0.494 e. The number of unbranched alkanes of at least 4 members (excludes halogenated alkanes) is 1. The summed E-state index contributed by atoms with van der Waals surface area (Å²) in [5, 5.41) is 3.29. The highest BCUT2D eigenvalue weighted by molar-refractivity contribution is 6.01. The highest BCUT2D eigenvalue weighted by atomic mass is 16.5. The Kier molecular flexibility index (Phi) is 12.4. The van der Waals surface area contributed by atoms with Crippen LogP contribution in [0.15, 0.2) is 54.9 Å². The number of hydrogen-bond donors (Lipinski definition) is 1. The second-order valence-electron chi connectivity index (χ2n) is 12.1. The molecule has 2 amide bonds. The van der Waals surface area contributed by atoms with Gasteiger partial charge in [0.15, 0.2) is 5.69 Å². The summed E-state index contributed by atoms with van der Waals surface area (Å²) in [4.78, 5) is 40.0. The monoisotopic (exact) mass is 643 g/mol. The second-order valence-corrected chi connectivity index (χ2v) is 12.1. The van der Waals surface area contributed by atoms with Gasteiger partial charge in [-0.05, 0) is 95.2 Å². The minimum atomic E-state index is -0.0353. The maximum absolute atomic E-state index is 13.6. The lowest BCUT2D eigenvalue weighted by Gasteiger charge is -2.34. The van der Waals surface area contributed by atoms with Gasteiger partial charge in [-0.2, -0.15) is 9.97 Å². The zero-order valence-corrected chi connectivity index (χ0v) is 28.1. The van der Waals surface area contributed by atoms with Crippen LogP contribution in [0.25, 0.3) is 11.1 Å². The van der Waals surface area contributed by atoms with E-state index in [4.69, 9.17) is 14.2 Å². The Hall–Kier alpha value is -4.18. The smallest absolute Gasteiger partial charge is 0.252 e. The molecule has 0 atom stereocenters. The SMILES string of the molecule is CCOc1ccc(-c2ccccc2C(=O)NC2CCN(CCCCN(C(=O)C3CCC3)c3c(OCC)ncnc3OCC)CC2)cc1. The summed E-state index contributed by atoms with van der Waals surface area (Å²) < 4.78 is 17.2. The summed E-state index contributed by atoms with van der Waals surface area (Å²) in [7, 11) is 0. The molecular weight excluding hydrogens is 594 g/mol. The Morgan fingerprint density at radius 1 is 0.851 bits per heavy atom. The van der Waals surface area contributed by atoms with Gasteiger partial charge in [-0.25, -0.2) is 0 Å². The first-order chi connectivity index (χ1) is 23.0. The molecule has 0 bridgehead atoms. The largest absolute Gasteiger partial charge is 0.494 e. The topological polar surface area (TPSA) is 106 Å². The number of amides is 2. The third-order valence-corrected chi connectivity index (χ3v) is 8.98. The minimum absolute atomic E-state index is 0.0290. The van der Waals surface area contributed by atoms with Crippen LogP contribution in [0.1, 0.15) is 76.1 Å². The summed E-state index contributed by atoms with van der Waals surface area (Å²) in [6.45, 7) is 10.6. The number of hydrogen-bond acceptors (Lipinski definition) is 8. The van der Waals surface area contributed by atoms with Crippen LogP contribution in [-0.2, 0) is 4.79 Å². The molecule has 1 aliphatic heterocycles. The highest BCUT2D eigenvalue weighted by Gasteiger charge is 2.34. The number of nitrogens with one attached hydrogen (secondary N) is 1. The van der Waals surface area contributed by atoms with Gasteiger partial charge in [0.2, 0.25) is 17.7 Å². The van der Waals surface area contributed by atoms with Crippen LogP contribution in [0.2, 0.25) is 0 Å². The Balaban J connectivity index is 1.13. The number of rotatable bonds is 16. The van der Waals surface area contributed by atoms with Crippen LogP contribution in [0.5, 0.6) is 17.5 Å². The van der Waals surface area contributed by atoms with Gasteiger partial charge in [0, 0.05) is 37.2 Å². The summed E-state index contributed by atoms with van der Waals surface area (Å²) >= 11 is 0. The van der Waals surface area contributed by atoms with Gasteiger partial charge >= 0.3 is 0 Å². The van der Waals surface area contributed by atoms with Crippen LogP contribution in [-0.4, -0.2) is 78.7 Å². The number of nitrogens with zero attached hydrogens (tertiary/aromatic N) is 4. The molecule has 5 rings (SSSR count). The molecule has 0 radical (unpaired) electrons. The van der Waals surface area contributed by atoms with Gasteiger partial charge in [-0.15, -0.1) is 0 Å². The van der Waals surface area contributed by atoms with E-state index in [-0.39, 0.29) is 23.8 Å². The highest BCUT2D eigenvalue weighted by Crippen LogP contribution is 2.38. The predicted octanol–water partition coefficient (Wildman–Crippen LogP) is 6.15. The molecule has 47 heavy (non-hydrogen) atoms. The van der Waals surface area contributed by atoms with Crippen LogP contribution >= 0.6 is 0 Å². The second kappa shape index (κ2) is 17.1. The van der Waals surface area contributed by atoms with Crippen LogP contribution < -0.4 is 24.4 Å². The predicted molar refractivity (Wildman–Crippen MR) is 183 cm³/mol. The molecule has 252 valence electrons. The average molecular weight is 644 g/mol. The summed E-state index contributed by atoms with van der Waals surface area (Å²) in [5.74, 6) is 1.71. The summed E-state index contributed by atoms with van der Waals surface area (Å²) in [6, 6.07) is 15.8. The van der Waals surface area contributed by atoms with Crippen molar-refractivity contribution in [3.05, 3.63) is 60.4 Å².